The van der Waals surface area contributed by atoms with Crippen LogP contribution in [-0.4, -0.2) is 36.4 Å². The molecule has 2 aliphatic heterocycles. The van der Waals surface area contributed by atoms with Crippen molar-refractivity contribution in [2.24, 2.45) is 11.3 Å². The summed E-state index contributed by atoms with van der Waals surface area (Å²) in [6.45, 7) is 2.27. The molecule has 1 N–H and O–H groups in total. The van der Waals surface area contributed by atoms with Gasteiger partial charge in [-0.1, -0.05) is 18.2 Å². The van der Waals surface area contributed by atoms with Crippen molar-refractivity contribution in [1.29, 1.82) is 5.26 Å². The number of aliphatic hydroxyl groups excluding tert-OH is 1. The van der Waals surface area contributed by atoms with Crippen molar-refractivity contribution in [3.05, 3.63) is 53.7 Å². The first kappa shape index (κ1) is 15.0. The Kier molecular flexibility index (Phi) is 3.62. The number of nitrogens with zero attached hydrogens (tertiary/aromatic N) is 3. The largest absolute Gasteiger partial charge is 0.493 e. The van der Waals surface area contributed by atoms with Crippen molar-refractivity contribution in [1.82, 2.24) is 4.98 Å². The molecule has 1 aromatic carbocycles. The highest BCUT2D eigenvalue weighted by Crippen LogP contribution is 2.44. The zero-order chi connectivity index (χ0) is 16.6. The van der Waals surface area contributed by atoms with Crippen LogP contribution in [0.15, 0.2) is 42.6 Å². The fourth-order valence-electron chi connectivity index (χ4n) is 3.87. The molecule has 0 saturated carbocycles. The monoisotopic (exact) mass is 321 g/mol. The summed E-state index contributed by atoms with van der Waals surface area (Å²) in [4.78, 5) is 6.60. The van der Waals surface area contributed by atoms with Gasteiger partial charge in [0.25, 0.3) is 0 Å². The van der Waals surface area contributed by atoms with Crippen molar-refractivity contribution in [3.63, 3.8) is 0 Å². The lowest BCUT2D eigenvalue weighted by molar-refractivity contribution is 0.0816. The van der Waals surface area contributed by atoms with E-state index in [0.717, 1.165) is 36.6 Å². The van der Waals surface area contributed by atoms with E-state index in [1.165, 1.54) is 0 Å². The van der Waals surface area contributed by atoms with E-state index >= 15 is 0 Å². The summed E-state index contributed by atoms with van der Waals surface area (Å²) in [6.07, 6.45) is 2.40. The molecule has 1 aromatic heterocycles. The normalized spacial score (nSPS) is 25.2. The van der Waals surface area contributed by atoms with Crippen LogP contribution in [0.2, 0.25) is 0 Å². The molecular weight excluding hydrogens is 302 g/mol. The van der Waals surface area contributed by atoms with Gasteiger partial charge in [0.15, 0.2) is 0 Å². The van der Waals surface area contributed by atoms with Crippen molar-refractivity contribution < 1.29 is 9.84 Å². The van der Waals surface area contributed by atoms with Crippen LogP contribution in [0, 0.1) is 22.7 Å². The number of hydrogen-bond acceptors (Lipinski definition) is 5. The van der Waals surface area contributed by atoms with E-state index in [0.29, 0.717) is 12.2 Å². The van der Waals surface area contributed by atoms with Gasteiger partial charge in [0.05, 0.1) is 18.8 Å². The third-order valence-electron chi connectivity index (χ3n) is 5.28. The number of benzene rings is 1. The molecule has 2 aromatic rings. The SMILES string of the molecule is N#Cc1ccc(N2C[C@H]3COc4ccccc4C[C@@]3(CO)C2)nc1. The van der Waals surface area contributed by atoms with Gasteiger partial charge < -0.3 is 14.7 Å². The Balaban J connectivity index is 1.63. The first-order valence-corrected chi connectivity index (χ1v) is 8.17. The molecule has 0 aliphatic carbocycles. The second kappa shape index (κ2) is 5.81. The summed E-state index contributed by atoms with van der Waals surface area (Å²) < 4.78 is 6.01. The number of fused-ring (bicyclic) bond motifs is 2. The van der Waals surface area contributed by atoms with E-state index in [4.69, 9.17) is 10.00 Å². The van der Waals surface area contributed by atoms with E-state index in [1.807, 2.05) is 24.3 Å². The summed E-state index contributed by atoms with van der Waals surface area (Å²) in [5.41, 5.74) is 1.49. The molecule has 0 spiro atoms. The summed E-state index contributed by atoms with van der Waals surface area (Å²) in [6, 6.07) is 13.8. The Labute approximate surface area is 141 Å². The predicted octanol–water partition coefficient (Wildman–Crippen LogP) is 2.00. The maximum Gasteiger partial charge on any atom is 0.128 e. The summed E-state index contributed by atoms with van der Waals surface area (Å²) in [7, 11) is 0. The Morgan fingerprint density at radius 1 is 1.33 bits per heavy atom. The highest BCUT2D eigenvalue weighted by atomic mass is 16.5. The van der Waals surface area contributed by atoms with Gasteiger partial charge in [-0.2, -0.15) is 5.26 Å². The molecule has 0 bridgehead atoms. The lowest BCUT2D eigenvalue weighted by atomic mass is 9.75. The zero-order valence-corrected chi connectivity index (χ0v) is 13.4. The number of para-hydroxylation sites is 1. The standard InChI is InChI=1S/C19H19N3O2/c20-8-14-5-6-18(21-9-14)22-10-16-11-24-17-4-2-1-3-15(17)7-19(16,12-22)13-23/h1-6,9,16,23H,7,10-13H2/t16-,19-/m0/s1. The smallest absolute Gasteiger partial charge is 0.128 e. The van der Waals surface area contributed by atoms with Crippen LogP contribution >= 0.6 is 0 Å². The predicted molar refractivity (Wildman–Crippen MR) is 89.8 cm³/mol. The molecule has 5 nitrogen and oxygen atoms in total. The Morgan fingerprint density at radius 2 is 2.21 bits per heavy atom. The Morgan fingerprint density at radius 3 is 2.96 bits per heavy atom. The Hall–Kier alpha value is -2.58. The molecule has 2 atom stereocenters. The van der Waals surface area contributed by atoms with Crippen molar-refractivity contribution in [2.45, 2.75) is 6.42 Å². The van der Waals surface area contributed by atoms with Crippen LogP contribution < -0.4 is 9.64 Å². The molecule has 0 unspecified atom stereocenters. The molecule has 1 fully saturated rings. The van der Waals surface area contributed by atoms with E-state index in [9.17, 15) is 5.11 Å². The van der Waals surface area contributed by atoms with Crippen molar-refractivity contribution in [2.75, 3.05) is 31.2 Å². The molecule has 2 aliphatic rings. The van der Waals surface area contributed by atoms with Crippen LogP contribution in [0.25, 0.3) is 0 Å². The van der Waals surface area contributed by atoms with Crippen molar-refractivity contribution in [3.8, 4) is 11.8 Å². The number of hydrogen-bond donors (Lipinski definition) is 1. The first-order valence-electron chi connectivity index (χ1n) is 8.17. The molecule has 0 amide bonds. The minimum absolute atomic E-state index is 0.127. The maximum atomic E-state index is 10.2. The molecule has 122 valence electrons. The van der Waals surface area contributed by atoms with Crippen LogP contribution in [-0.2, 0) is 6.42 Å². The van der Waals surface area contributed by atoms with Gasteiger partial charge in [-0.25, -0.2) is 4.98 Å². The van der Waals surface area contributed by atoms with Gasteiger partial charge in [-0.05, 0) is 30.2 Å². The summed E-state index contributed by atoms with van der Waals surface area (Å²) in [5, 5.41) is 19.1. The van der Waals surface area contributed by atoms with Gasteiger partial charge in [-0.3, -0.25) is 0 Å². The first-order chi connectivity index (χ1) is 11.7. The quantitative estimate of drug-likeness (QED) is 0.916. The Bertz CT molecular complexity index is 784. The van der Waals surface area contributed by atoms with Gasteiger partial charge in [0.2, 0.25) is 0 Å². The molecular formula is C19H19N3O2. The number of pyridine rings is 1. The molecule has 3 heterocycles. The highest BCUT2D eigenvalue weighted by Gasteiger charge is 2.48. The molecule has 24 heavy (non-hydrogen) atoms. The zero-order valence-electron chi connectivity index (χ0n) is 13.4. The maximum absolute atomic E-state index is 10.2. The number of aromatic nitrogens is 1. The molecule has 0 radical (unpaired) electrons. The van der Waals surface area contributed by atoms with Crippen LogP contribution in [0.5, 0.6) is 5.75 Å². The van der Waals surface area contributed by atoms with Crippen molar-refractivity contribution >= 4 is 5.82 Å². The third kappa shape index (κ3) is 2.40. The highest BCUT2D eigenvalue weighted by molar-refractivity contribution is 5.45. The number of anilines is 1. The second-order valence-corrected chi connectivity index (χ2v) is 6.71. The number of ether oxygens (including phenoxy) is 1. The van der Waals surface area contributed by atoms with E-state index < -0.39 is 0 Å². The number of nitriles is 1. The third-order valence-corrected chi connectivity index (χ3v) is 5.28. The average Bonchev–Trinajstić information content (AvgIpc) is 2.92. The topological polar surface area (TPSA) is 69.4 Å². The van der Waals surface area contributed by atoms with Crippen LogP contribution in [0.3, 0.4) is 0 Å². The average molecular weight is 321 g/mol. The molecule has 5 heteroatoms. The lowest BCUT2D eigenvalue weighted by Gasteiger charge is -2.30. The number of aliphatic hydroxyl groups is 1. The summed E-state index contributed by atoms with van der Waals surface area (Å²) >= 11 is 0. The van der Waals surface area contributed by atoms with E-state index in [-0.39, 0.29) is 17.9 Å². The van der Waals surface area contributed by atoms with Gasteiger partial charge in [-0.15, -0.1) is 0 Å². The fourth-order valence-corrected chi connectivity index (χ4v) is 3.87. The van der Waals surface area contributed by atoms with Crippen LogP contribution in [0.1, 0.15) is 11.1 Å². The lowest BCUT2D eigenvalue weighted by Crippen LogP contribution is -2.38. The van der Waals surface area contributed by atoms with Crippen LogP contribution in [0.4, 0.5) is 5.82 Å². The molecule has 4 rings (SSSR count). The summed E-state index contributed by atoms with van der Waals surface area (Å²) in [5.74, 6) is 2.03. The van der Waals surface area contributed by atoms with Gasteiger partial charge >= 0.3 is 0 Å². The van der Waals surface area contributed by atoms with E-state index in [1.54, 1.807) is 12.3 Å². The minimum Gasteiger partial charge on any atom is -0.493 e. The van der Waals surface area contributed by atoms with Gasteiger partial charge in [0, 0.05) is 30.6 Å². The van der Waals surface area contributed by atoms with Gasteiger partial charge in [0.1, 0.15) is 17.6 Å². The fraction of sp³-hybridized carbons (Fsp3) is 0.368. The second-order valence-electron chi connectivity index (χ2n) is 6.71. The molecule has 1 saturated heterocycles. The number of rotatable bonds is 2. The van der Waals surface area contributed by atoms with E-state index in [2.05, 4.69) is 22.0 Å². The minimum atomic E-state index is -0.220.